The molecule has 1 atom stereocenters. The van der Waals surface area contributed by atoms with Gasteiger partial charge in [-0.05, 0) is 62.5 Å². The number of imide groups is 2. The first-order valence-electron chi connectivity index (χ1n) is 14.4. The number of carbonyl (C=O) groups excluding carboxylic acids is 5. The van der Waals surface area contributed by atoms with Gasteiger partial charge in [0, 0.05) is 13.0 Å². The molecule has 5 amide bonds. The number of alkyl carbamates (subject to hydrolysis) is 1. The molecule has 0 bridgehead atoms. The quantitative estimate of drug-likeness (QED) is 0.212. The number of carbonyl (C=O) groups is 5. The molecule has 0 saturated carbocycles. The standard InChI is InChI=1S/C30H39N3O10/c1-30(2,3)43-29(38)31-8-9-39-10-11-40-12-13-41-14-15-42-18-20-17-22(20)19-4-5-21-23(16-19)28(37)33(27(21)36)24-6-7-25(34)32-26(24)35/h4-5,16,24H,6-15,17-18H2,1-3H3,(H,31,38)(H,32,34,35). The minimum absolute atomic E-state index is 0.0821. The Labute approximate surface area is 250 Å². The van der Waals surface area contributed by atoms with Crippen molar-refractivity contribution in [1.82, 2.24) is 15.5 Å². The first-order valence-corrected chi connectivity index (χ1v) is 14.4. The molecule has 2 aliphatic heterocycles. The Bertz CT molecular complexity index is 1270. The number of allylic oxidation sites excluding steroid dienone is 1. The molecule has 1 saturated heterocycles. The van der Waals surface area contributed by atoms with Crippen LogP contribution in [0.3, 0.4) is 0 Å². The molecule has 4 rings (SSSR count). The summed E-state index contributed by atoms with van der Waals surface area (Å²) < 4.78 is 27.2. The van der Waals surface area contributed by atoms with Gasteiger partial charge in [0.15, 0.2) is 0 Å². The predicted octanol–water partition coefficient (Wildman–Crippen LogP) is 1.84. The van der Waals surface area contributed by atoms with Crippen molar-refractivity contribution in [3.05, 3.63) is 40.5 Å². The number of nitrogens with zero attached hydrogens (tertiary/aromatic N) is 1. The van der Waals surface area contributed by atoms with E-state index >= 15 is 0 Å². The van der Waals surface area contributed by atoms with E-state index < -0.39 is 41.4 Å². The first-order chi connectivity index (χ1) is 20.5. The van der Waals surface area contributed by atoms with Crippen LogP contribution in [0.15, 0.2) is 23.8 Å². The number of benzene rings is 1. The average Bonchev–Trinajstić information content (AvgIpc) is 3.67. The summed E-state index contributed by atoms with van der Waals surface area (Å²) in [5, 5.41) is 4.82. The molecule has 0 aromatic heterocycles. The van der Waals surface area contributed by atoms with Crippen LogP contribution in [0.2, 0.25) is 0 Å². The molecule has 43 heavy (non-hydrogen) atoms. The van der Waals surface area contributed by atoms with E-state index in [9.17, 15) is 24.0 Å². The highest BCUT2D eigenvalue weighted by molar-refractivity contribution is 6.23. The lowest BCUT2D eigenvalue weighted by Gasteiger charge is -2.27. The fourth-order valence-electron chi connectivity index (χ4n) is 4.67. The zero-order valence-corrected chi connectivity index (χ0v) is 24.8. The summed E-state index contributed by atoms with van der Waals surface area (Å²) in [4.78, 5) is 62.1. The van der Waals surface area contributed by atoms with Crippen LogP contribution in [-0.2, 0) is 33.3 Å². The van der Waals surface area contributed by atoms with E-state index in [2.05, 4.69) is 10.6 Å². The van der Waals surface area contributed by atoms with Crippen molar-refractivity contribution in [1.29, 1.82) is 0 Å². The first kappa shape index (κ1) is 32.3. The Hall–Kier alpha value is -3.65. The molecule has 1 unspecified atom stereocenters. The third-order valence-corrected chi connectivity index (χ3v) is 6.79. The summed E-state index contributed by atoms with van der Waals surface area (Å²) in [7, 11) is 0. The summed E-state index contributed by atoms with van der Waals surface area (Å²) in [6, 6.07) is 4.13. The van der Waals surface area contributed by atoms with E-state index in [1.54, 1.807) is 39.0 Å². The fraction of sp³-hybridized carbons (Fsp3) is 0.567. The monoisotopic (exact) mass is 601 g/mol. The Morgan fingerprint density at radius 1 is 0.907 bits per heavy atom. The molecule has 13 heteroatoms. The van der Waals surface area contributed by atoms with Crippen LogP contribution in [0.1, 0.15) is 66.3 Å². The van der Waals surface area contributed by atoms with Gasteiger partial charge in [-0.3, -0.25) is 29.4 Å². The lowest BCUT2D eigenvalue weighted by molar-refractivity contribution is -0.136. The van der Waals surface area contributed by atoms with Crippen molar-refractivity contribution in [3.8, 4) is 0 Å². The van der Waals surface area contributed by atoms with E-state index in [4.69, 9.17) is 23.7 Å². The van der Waals surface area contributed by atoms with E-state index in [-0.39, 0.29) is 24.0 Å². The number of nitrogens with one attached hydrogen (secondary N) is 2. The number of piperidine rings is 1. The molecule has 1 aromatic rings. The Morgan fingerprint density at radius 3 is 2.19 bits per heavy atom. The van der Waals surface area contributed by atoms with E-state index in [0.717, 1.165) is 28.0 Å². The second kappa shape index (κ2) is 14.7. The molecule has 234 valence electrons. The number of hydrogen-bond donors (Lipinski definition) is 2. The van der Waals surface area contributed by atoms with Crippen LogP contribution in [0, 0.1) is 0 Å². The molecule has 1 aliphatic carbocycles. The predicted molar refractivity (Wildman–Crippen MR) is 152 cm³/mol. The van der Waals surface area contributed by atoms with Gasteiger partial charge in [-0.1, -0.05) is 6.07 Å². The van der Waals surface area contributed by atoms with Crippen molar-refractivity contribution >= 4 is 35.3 Å². The Morgan fingerprint density at radius 2 is 1.53 bits per heavy atom. The van der Waals surface area contributed by atoms with E-state index in [1.165, 1.54) is 0 Å². The van der Waals surface area contributed by atoms with Gasteiger partial charge in [-0.2, -0.15) is 0 Å². The summed E-state index contributed by atoms with van der Waals surface area (Å²) in [5.41, 5.74) is 3.03. The molecule has 2 heterocycles. The molecule has 1 aromatic carbocycles. The number of ether oxygens (including phenoxy) is 5. The lowest BCUT2D eigenvalue weighted by Crippen LogP contribution is -2.54. The van der Waals surface area contributed by atoms with Gasteiger partial charge >= 0.3 is 6.09 Å². The molecule has 0 radical (unpaired) electrons. The van der Waals surface area contributed by atoms with Crippen LogP contribution >= 0.6 is 0 Å². The molecular formula is C30H39N3O10. The van der Waals surface area contributed by atoms with Crippen molar-refractivity contribution in [2.75, 3.05) is 59.4 Å². The zero-order chi connectivity index (χ0) is 31.0. The SMILES string of the molecule is CC(C)(C)OC(=O)NCCOCCOCCOCCOCC1=C(c2ccc3c(c2)C(=O)N(C2CCC(=O)NC2=O)C3=O)C1. The van der Waals surface area contributed by atoms with E-state index in [1.807, 2.05) is 0 Å². The highest BCUT2D eigenvalue weighted by Crippen LogP contribution is 2.41. The van der Waals surface area contributed by atoms with Crippen LogP contribution in [0.5, 0.6) is 0 Å². The number of amides is 5. The summed E-state index contributed by atoms with van der Waals surface area (Å²) >= 11 is 0. The smallest absolute Gasteiger partial charge is 0.407 e. The van der Waals surface area contributed by atoms with Crippen molar-refractivity contribution in [2.45, 2.75) is 51.7 Å². The highest BCUT2D eigenvalue weighted by atomic mass is 16.6. The van der Waals surface area contributed by atoms with Gasteiger partial charge in [0.25, 0.3) is 11.8 Å². The lowest BCUT2D eigenvalue weighted by atomic mass is 10.0. The summed E-state index contributed by atoms with van der Waals surface area (Å²) in [6.45, 7) is 9.09. The largest absolute Gasteiger partial charge is 0.444 e. The third-order valence-electron chi connectivity index (χ3n) is 6.79. The maximum Gasteiger partial charge on any atom is 0.407 e. The van der Waals surface area contributed by atoms with Gasteiger partial charge in [0.05, 0.1) is 64.0 Å². The minimum atomic E-state index is -0.980. The summed E-state index contributed by atoms with van der Waals surface area (Å²) in [6.07, 6.45) is 0.490. The fourth-order valence-corrected chi connectivity index (χ4v) is 4.67. The van der Waals surface area contributed by atoms with Crippen LogP contribution in [-0.4, -0.2) is 106 Å². The average molecular weight is 602 g/mol. The minimum Gasteiger partial charge on any atom is -0.444 e. The molecule has 2 N–H and O–H groups in total. The molecule has 0 spiro atoms. The van der Waals surface area contributed by atoms with Crippen LogP contribution in [0.25, 0.3) is 5.57 Å². The summed E-state index contributed by atoms with van der Waals surface area (Å²) in [5.74, 6) is -2.06. The van der Waals surface area contributed by atoms with Gasteiger partial charge in [0.2, 0.25) is 11.8 Å². The van der Waals surface area contributed by atoms with Gasteiger partial charge < -0.3 is 29.0 Å². The molecule has 1 fully saturated rings. The topological polar surface area (TPSA) is 159 Å². The molecular weight excluding hydrogens is 562 g/mol. The number of rotatable bonds is 16. The van der Waals surface area contributed by atoms with Crippen molar-refractivity contribution < 1.29 is 47.7 Å². The third kappa shape index (κ3) is 9.17. The molecule has 13 nitrogen and oxygen atoms in total. The molecule has 3 aliphatic rings. The van der Waals surface area contributed by atoms with Crippen molar-refractivity contribution in [3.63, 3.8) is 0 Å². The maximum absolute atomic E-state index is 13.0. The second-order valence-electron chi connectivity index (χ2n) is 11.3. The Kier molecular flexibility index (Phi) is 11.0. The van der Waals surface area contributed by atoms with Gasteiger partial charge in [0.1, 0.15) is 11.6 Å². The van der Waals surface area contributed by atoms with E-state index in [0.29, 0.717) is 59.4 Å². The zero-order valence-electron chi connectivity index (χ0n) is 24.8. The Balaban J connectivity index is 1.05. The highest BCUT2D eigenvalue weighted by Gasteiger charge is 2.44. The second-order valence-corrected chi connectivity index (χ2v) is 11.3. The normalized spacial score (nSPS) is 18.2. The van der Waals surface area contributed by atoms with Crippen molar-refractivity contribution in [2.24, 2.45) is 0 Å². The van der Waals surface area contributed by atoms with Crippen LogP contribution < -0.4 is 10.6 Å². The number of fused-ring (bicyclic) bond motifs is 1. The van der Waals surface area contributed by atoms with Gasteiger partial charge in [-0.25, -0.2) is 4.79 Å². The van der Waals surface area contributed by atoms with Gasteiger partial charge in [-0.15, -0.1) is 0 Å². The van der Waals surface area contributed by atoms with Crippen LogP contribution in [0.4, 0.5) is 4.79 Å². The number of hydrogen-bond acceptors (Lipinski definition) is 10. The maximum atomic E-state index is 13.0.